The van der Waals surface area contributed by atoms with Crippen LogP contribution >= 0.6 is 0 Å². The summed E-state index contributed by atoms with van der Waals surface area (Å²) in [5.74, 6) is 0.729. The summed E-state index contributed by atoms with van der Waals surface area (Å²) in [7, 11) is 4.48. The van der Waals surface area contributed by atoms with Crippen LogP contribution in [0.3, 0.4) is 0 Å². The van der Waals surface area contributed by atoms with Gasteiger partial charge in [0.05, 0.1) is 33.9 Å². The molecule has 0 aromatic heterocycles. The van der Waals surface area contributed by atoms with E-state index in [1.54, 1.807) is 37.3 Å². The number of benzene rings is 2. The van der Waals surface area contributed by atoms with Crippen LogP contribution in [-0.2, 0) is 15.1 Å². The van der Waals surface area contributed by atoms with Gasteiger partial charge in [0.1, 0.15) is 5.60 Å². The summed E-state index contributed by atoms with van der Waals surface area (Å²) in [6, 6.07) is 8.35. The second-order valence-electron chi connectivity index (χ2n) is 6.96. The molecule has 0 amide bonds. The molecule has 8 heteroatoms. The maximum Gasteiger partial charge on any atom is 0.312 e. The van der Waals surface area contributed by atoms with E-state index in [-0.39, 0.29) is 13.4 Å². The molecule has 0 aliphatic carbocycles. The highest BCUT2D eigenvalue weighted by molar-refractivity contribution is 5.76. The molecule has 168 valence electrons. The number of aliphatic hydroxyl groups is 1. The van der Waals surface area contributed by atoms with E-state index in [1.165, 1.54) is 21.3 Å². The molecule has 8 nitrogen and oxygen atoms in total. The van der Waals surface area contributed by atoms with E-state index >= 15 is 0 Å². The van der Waals surface area contributed by atoms with Crippen molar-refractivity contribution in [2.45, 2.75) is 25.9 Å². The molecule has 0 saturated heterocycles. The van der Waals surface area contributed by atoms with E-state index in [9.17, 15) is 9.90 Å². The fourth-order valence-electron chi connectivity index (χ4n) is 3.88. The predicted octanol–water partition coefficient (Wildman–Crippen LogP) is 3.27. The average molecular weight is 432 g/mol. The lowest BCUT2D eigenvalue weighted by Crippen LogP contribution is -2.41. The number of ether oxygens (including phenoxy) is 6. The lowest BCUT2D eigenvalue weighted by Gasteiger charge is -2.36. The monoisotopic (exact) mass is 432 g/mol. The van der Waals surface area contributed by atoms with Gasteiger partial charge in [0.15, 0.2) is 23.0 Å². The highest BCUT2D eigenvalue weighted by Gasteiger charge is 2.46. The Morgan fingerprint density at radius 3 is 2.19 bits per heavy atom. The molecule has 3 rings (SSSR count). The molecule has 31 heavy (non-hydrogen) atoms. The molecule has 0 spiro atoms. The number of rotatable bonds is 9. The molecule has 1 heterocycles. The van der Waals surface area contributed by atoms with Gasteiger partial charge in [0.25, 0.3) is 0 Å². The van der Waals surface area contributed by atoms with Crippen molar-refractivity contribution in [3.05, 3.63) is 41.5 Å². The fourth-order valence-corrected chi connectivity index (χ4v) is 3.88. The standard InChI is InChI=1S/C23H28O8/c1-6-16(22(24)29-7-2)23(25,14-8-9-17-18(10-14)31-13-30-17)15-11-19(26-3)21(28-5)20(12-15)27-4/h8-12,16,25H,6-7,13H2,1-5H3/t16-,23-/m1/s1. The molecule has 1 N–H and O–H groups in total. The summed E-state index contributed by atoms with van der Waals surface area (Å²) < 4.78 is 32.5. The summed E-state index contributed by atoms with van der Waals surface area (Å²) in [5, 5.41) is 12.2. The molecule has 0 fully saturated rings. The van der Waals surface area contributed by atoms with E-state index in [0.29, 0.717) is 46.3 Å². The van der Waals surface area contributed by atoms with E-state index in [1.807, 2.05) is 6.92 Å². The van der Waals surface area contributed by atoms with Crippen molar-refractivity contribution in [3.63, 3.8) is 0 Å². The van der Waals surface area contributed by atoms with Crippen LogP contribution in [-0.4, -0.2) is 45.8 Å². The number of carbonyl (C=O) groups is 1. The third kappa shape index (κ3) is 3.95. The number of fused-ring (bicyclic) bond motifs is 1. The van der Waals surface area contributed by atoms with Gasteiger partial charge in [-0.1, -0.05) is 13.0 Å². The Morgan fingerprint density at radius 2 is 1.65 bits per heavy atom. The Morgan fingerprint density at radius 1 is 1.00 bits per heavy atom. The first kappa shape index (κ1) is 22.6. The zero-order chi connectivity index (χ0) is 22.6. The van der Waals surface area contributed by atoms with Crippen molar-refractivity contribution in [2.75, 3.05) is 34.7 Å². The Kier molecular flexibility index (Phi) is 6.80. The summed E-state index contributed by atoms with van der Waals surface area (Å²) in [5.41, 5.74) is -0.930. The minimum absolute atomic E-state index is 0.0937. The minimum atomic E-state index is -1.77. The van der Waals surface area contributed by atoms with E-state index in [4.69, 9.17) is 28.4 Å². The number of methoxy groups -OCH3 is 3. The van der Waals surface area contributed by atoms with Gasteiger partial charge in [0.2, 0.25) is 12.5 Å². The first-order valence-corrected chi connectivity index (χ1v) is 10.0. The van der Waals surface area contributed by atoms with Crippen molar-refractivity contribution < 1.29 is 38.3 Å². The number of hydrogen-bond acceptors (Lipinski definition) is 8. The largest absolute Gasteiger partial charge is 0.493 e. The first-order chi connectivity index (χ1) is 14.9. The number of hydrogen-bond donors (Lipinski definition) is 1. The van der Waals surface area contributed by atoms with Gasteiger partial charge in [0, 0.05) is 0 Å². The van der Waals surface area contributed by atoms with Crippen molar-refractivity contribution in [3.8, 4) is 28.7 Å². The Bertz CT molecular complexity index is 916. The van der Waals surface area contributed by atoms with Crippen LogP contribution in [0.1, 0.15) is 31.4 Å². The Balaban J connectivity index is 2.27. The minimum Gasteiger partial charge on any atom is -0.493 e. The van der Waals surface area contributed by atoms with Crippen LogP contribution in [0.15, 0.2) is 30.3 Å². The lowest BCUT2D eigenvalue weighted by atomic mass is 9.74. The molecule has 0 saturated carbocycles. The quantitative estimate of drug-likeness (QED) is 0.604. The predicted molar refractivity (Wildman–Crippen MR) is 112 cm³/mol. The zero-order valence-corrected chi connectivity index (χ0v) is 18.4. The fraction of sp³-hybridized carbons (Fsp3) is 0.435. The molecule has 0 radical (unpaired) electrons. The van der Waals surface area contributed by atoms with Gasteiger partial charge in [-0.3, -0.25) is 4.79 Å². The van der Waals surface area contributed by atoms with Crippen LogP contribution in [0.5, 0.6) is 28.7 Å². The van der Waals surface area contributed by atoms with Gasteiger partial charge in [-0.15, -0.1) is 0 Å². The summed E-state index contributed by atoms with van der Waals surface area (Å²) >= 11 is 0. The Hall–Kier alpha value is -3.13. The molecular formula is C23H28O8. The molecule has 1 aliphatic heterocycles. The third-order valence-electron chi connectivity index (χ3n) is 5.40. The second kappa shape index (κ2) is 9.34. The molecular weight excluding hydrogens is 404 g/mol. The third-order valence-corrected chi connectivity index (χ3v) is 5.40. The normalized spacial score (nSPS) is 15.0. The van der Waals surface area contributed by atoms with Crippen molar-refractivity contribution in [1.82, 2.24) is 0 Å². The van der Waals surface area contributed by atoms with Crippen LogP contribution in [0.4, 0.5) is 0 Å². The first-order valence-electron chi connectivity index (χ1n) is 10.0. The van der Waals surface area contributed by atoms with Crippen LogP contribution in [0.2, 0.25) is 0 Å². The lowest BCUT2D eigenvalue weighted by molar-refractivity contribution is -0.156. The second-order valence-corrected chi connectivity index (χ2v) is 6.96. The molecule has 0 bridgehead atoms. The molecule has 0 unspecified atom stereocenters. The van der Waals surface area contributed by atoms with E-state index < -0.39 is 17.5 Å². The maximum atomic E-state index is 12.9. The molecule has 2 aromatic rings. The van der Waals surface area contributed by atoms with Crippen molar-refractivity contribution in [2.24, 2.45) is 5.92 Å². The Labute approximate surface area is 181 Å². The summed E-state index contributed by atoms with van der Waals surface area (Å²) in [4.78, 5) is 12.9. The summed E-state index contributed by atoms with van der Waals surface area (Å²) in [6.45, 7) is 3.83. The van der Waals surface area contributed by atoms with Gasteiger partial charge >= 0.3 is 5.97 Å². The SMILES string of the molecule is CCOC(=O)[C@@H](CC)[C@@](O)(c1ccc2c(c1)OCO2)c1cc(OC)c(OC)c(OC)c1. The van der Waals surface area contributed by atoms with Gasteiger partial charge in [-0.05, 0) is 48.7 Å². The average Bonchev–Trinajstić information content (AvgIpc) is 3.26. The smallest absolute Gasteiger partial charge is 0.312 e. The van der Waals surface area contributed by atoms with Gasteiger partial charge in [-0.2, -0.15) is 0 Å². The molecule has 2 aromatic carbocycles. The highest BCUT2D eigenvalue weighted by atomic mass is 16.7. The van der Waals surface area contributed by atoms with E-state index in [0.717, 1.165) is 0 Å². The van der Waals surface area contributed by atoms with Crippen LogP contribution in [0, 0.1) is 5.92 Å². The summed E-state index contributed by atoms with van der Waals surface area (Å²) in [6.07, 6.45) is 0.320. The number of esters is 1. The maximum absolute atomic E-state index is 12.9. The van der Waals surface area contributed by atoms with Gasteiger partial charge in [-0.25, -0.2) is 0 Å². The van der Waals surface area contributed by atoms with Crippen LogP contribution < -0.4 is 23.7 Å². The topological polar surface area (TPSA) is 92.7 Å². The van der Waals surface area contributed by atoms with E-state index in [2.05, 4.69) is 0 Å². The number of carbonyl (C=O) groups excluding carboxylic acids is 1. The molecule has 1 aliphatic rings. The van der Waals surface area contributed by atoms with Crippen molar-refractivity contribution in [1.29, 1.82) is 0 Å². The zero-order valence-electron chi connectivity index (χ0n) is 18.4. The van der Waals surface area contributed by atoms with Crippen LogP contribution in [0.25, 0.3) is 0 Å². The molecule has 2 atom stereocenters. The van der Waals surface area contributed by atoms with Crippen molar-refractivity contribution >= 4 is 5.97 Å². The van der Waals surface area contributed by atoms with Gasteiger partial charge < -0.3 is 33.5 Å². The highest BCUT2D eigenvalue weighted by Crippen LogP contribution is 2.48.